The fourth-order valence-electron chi connectivity index (χ4n) is 4.22. The van der Waals surface area contributed by atoms with Crippen LogP contribution in [0.2, 0.25) is 0 Å². The number of nitrogens with one attached hydrogen (secondary N) is 1. The maximum Gasteiger partial charge on any atom is 0.243 e. The Kier molecular flexibility index (Phi) is 8.50. The number of carbonyl (C=O) groups excluding carboxylic acids is 1. The van der Waals surface area contributed by atoms with Crippen molar-refractivity contribution in [1.29, 1.82) is 0 Å². The van der Waals surface area contributed by atoms with E-state index in [2.05, 4.69) is 5.32 Å². The molecular weight excluding hydrogens is 472 g/mol. The van der Waals surface area contributed by atoms with Crippen molar-refractivity contribution in [3.05, 3.63) is 42.0 Å². The summed E-state index contributed by atoms with van der Waals surface area (Å²) in [5.74, 6) is 0.948. The lowest BCUT2D eigenvalue weighted by Crippen LogP contribution is -2.37. The van der Waals surface area contributed by atoms with Gasteiger partial charge in [-0.05, 0) is 47.9 Å². The normalized spacial score (nSPS) is 18.4. The molecule has 1 amide bonds. The average Bonchev–Trinajstić information content (AvgIpc) is 3.32. The van der Waals surface area contributed by atoms with Crippen molar-refractivity contribution < 1.29 is 32.2 Å². The number of nitrogens with zero attached hydrogens (tertiary/aromatic N) is 1. The molecule has 1 N–H and O–H groups in total. The van der Waals surface area contributed by atoms with Crippen LogP contribution in [0.4, 0.5) is 0 Å². The summed E-state index contributed by atoms with van der Waals surface area (Å²) >= 11 is 0. The van der Waals surface area contributed by atoms with Gasteiger partial charge < -0.3 is 24.3 Å². The van der Waals surface area contributed by atoms with Gasteiger partial charge in [0.2, 0.25) is 21.7 Å². The van der Waals surface area contributed by atoms with Crippen molar-refractivity contribution in [2.24, 2.45) is 11.8 Å². The first kappa shape index (κ1) is 26.6. The number of rotatable bonds is 10. The van der Waals surface area contributed by atoms with Crippen molar-refractivity contribution in [2.75, 3.05) is 48.1 Å². The highest BCUT2D eigenvalue weighted by Crippen LogP contribution is 2.44. The minimum absolute atomic E-state index is 0.0552. The lowest BCUT2D eigenvalue weighted by molar-refractivity contribution is -0.125. The van der Waals surface area contributed by atoms with E-state index >= 15 is 0 Å². The van der Waals surface area contributed by atoms with Gasteiger partial charge in [-0.3, -0.25) is 4.79 Å². The predicted octanol–water partition coefficient (Wildman–Crippen LogP) is 2.90. The summed E-state index contributed by atoms with van der Waals surface area (Å²) in [6.07, 6.45) is 0. The first-order valence-electron chi connectivity index (χ1n) is 11.4. The molecule has 1 saturated heterocycles. The van der Waals surface area contributed by atoms with Gasteiger partial charge in [-0.25, -0.2) is 8.42 Å². The smallest absolute Gasteiger partial charge is 0.243 e. The van der Waals surface area contributed by atoms with Crippen LogP contribution in [0.1, 0.15) is 25.3 Å². The minimum Gasteiger partial charge on any atom is -0.497 e. The van der Waals surface area contributed by atoms with Gasteiger partial charge in [0.05, 0.1) is 39.3 Å². The second-order valence-electron chi connectivity index (χ2n) is 8.81. The predicted molar refractivity (Wildman–Crippen MR) is 132 cm³/mol. The molecule has 3 rings (SSSR count). The van der Waals surface area contributed by atoms with Crippen LogP contribution in [0, 0.1) is 11.8 Å². The maximum absolute atomic E-state index is 13.5. The third-order valence-corrected chi connectivity index (χ3v) is 7.97. The van der Waals surface area contributed by atoms with Crippen LogP contribution in [0.3, 0.4) is 0 Å². The highest BCUT2D eigenvalue weighted by atomic mass is 32.2. The number of amides is 1. The molecule has 9 nitrogen and oxygen atoms in total. The molecule has 1 fully saturated rings. The number of hydrogen-bond acceptors (Lipinski definition) is 7. The SMILES string of the molecule is COc1ccc(S(=O)(=O)N2C[C@H](c3cc(OC)c(OC)c(OC)c3)[C@H](C(=O)NCC(C)C)C2)cc1. The summed E-state index contributed by atoms with van der Waals surface area (Å²) in [4.78, 5) is 13.4. The van der Waals surface area contributed by atoms with E-state index in [-0.39, 0.29) is 29.8 Å². The minimum atomic E-state index is -3.84. The molecule has 1 aliphatic rings. The van der Waals surface area contributed by atoms with Crippen LogP contribution in [-0.2, 0) is 14.8 Å². The molecule has 0 saturated carbocycles. The van der Waals surface area contributed by atoms with Crippen molar-refractivity contribution >= 4 is 15.9 Å². The lowest BCUT2D eigenvalue weighted by atomic mass is 9.87. The molecule has 1 aliphatic heterocycles. The molecule has 0 bridgehead atoms. The molecular formula is C25H34N2O7S. The quantitative estimate of drug-likeness (QED) is 0.529. The summed E-state index contributed by atoms with van der Waals surface area (Å²) in [7, 11) is 2.23. The molecule has 10 heteroatoms. The zero-order valence-corrected chi connectivity index (χ0v) is 21.8. The largest absolute Gasteiger partial charge is 0.497 e. The molecule has 0 aliphatic carbocycles. The van der Waals surface area contributed by atoms with Crippen LogP contribution < -0.4 is 24.3 Å². The summed E-state index contributed by atoms with van der Waals surface area (Å²) in [5, 5.41) is 2.97. The second kappa shape index (κ2) is 11.2. The molecule has 2 aromatic carbocycles. The fraction of sp³-hybridized carbons (Fsp3) is 0.480. The monoisotopic (exact) mass is 506 g/mol. The second-order valence-corrected chi connectivity index (χ2v) is 10.7. The van der Waals surface area contributed by atoms with Crippen LogP contribution >= 0.6 is 0 Å². The van der Waals surface area contributed by atoms with E-state index in [1.54, 1.807) is 24.3 Å². The first-order chi connectivity index (χ1) is 16.7. The number of hydrogen-bond donors (Lipinski definition) is 1. The van der Waals surface area contributed by atoms with Gasteiger partial charge in [-0.15, -0.1) is 0 Å². The third-order valence-electron chi connectivity index (χ3n) is 6.12. The van der Waals surface area contributed by atoms with Crippen LogP contribution in [0.25, 0.3) is 0 Å². The molecule has 35 heavy (non-hydrogen) atoms. The summed E-state index contributed by atoms with van der Waals surface area (Å²) in [5.41, 5.74) is 0.733. The lowest BCUT2D eigenvalue weighted by Gasteiger charge is -2.21. The Balaban J connectivity index is 2.01. The van der Waals surface area contributed by atoms with Crippen molar-refractivity contribution in [3.63, 3.8) is 0 Å². The van der Waals surface area contributed by atoms with Crippen LogP contribution in [0.15, 0.2) is 41.3 Å². The van der Waals surface area contributed by atoms with E-state index in [4.69, 9.17) is 18.9 Å². The van der Waals surface area contributed by atoms with E-state index in [9.17, 15) is 13.2 Å². The van der Waals surface area contributed by atoms with Gasteiger partial charge in [0.1, 0.15) is 5.75 Å². The van der Waals surface area contributed by atoms with Crippen molar-refractivity contribution in [2.45, 2.75) is 24.7 Å². The Morgan fingerprint density at radius 2 is 1.57 bits per heavy atom. The summed E-state index contributed by atoms with van der Waals surface area (Å²) < 4.78 is 49.9. The molecule has 1 heterocycles. The molecule has 0 radical (unpaired) electrons. The average molecular weight is 507 g/mol. The summed E-state index contributed by atoms with van der Waals surface area (Å²) in [6.45, 7) is 4.70. The molecule has 0 spiro atoms. The fourth-order valence-corrected chi connectivity index (χ4v) is 5.71. The molecule has 0 unspecified atom stereocenters. The standard InChI is InChI=1S/C25H34N2O7S/c1-16(2)13-26-25(28)21-15-27(35(29,30)19-9-7-18(31-3)8-10-19)14-20(21)17-11-22(32-4)24(34-6)23(12-17)33-5/h7-12,16,20-21H,13-15H2,1-6H3,(H,26,28)/t20-,21-/m1/s1. The number of sulfonamides is 1. The third kappa shape index (κ3) is 5.65. The van der Waals surface area contributed by atoms with E-state index in [0.717, 1.165) is 5.56 Å². The Hall–Kier alpha value is -2.98. The summed E-state index contributed by atoms with van der Waals surface area (Å²) in [6, 6.07) is 9.78. The van der Waals surface area contributed by atoms with E-state index in [0.29, 0.717) is 29.5 Å². The Labute approximate surface area is 207 Å². The van der Waals surface area contributed by atoms with Gasteiger partial charge in [0.25, 0.3) is 0 Å². The Morgan fingerprint density at radius 3 is 2.06 bits per heavy atom. The van der Waals surface area contributed by atoms with Crippen molar-refractivity contribution in [3.8, 4) is 23.0 Å². The molecule has 0 aromatic heterocycles. The van der Waals surface area contributed by atoms with Gasteiger partial charge in [0, 0.05) is 25.6 Å². The topological polar surface area (TPSA) is 103 Å². The zero-order chi connectivity index (χ0) is 25.8. The number of methoxy groups -OCH3 is 4. The highest BCUT2D eigenvalue weighted by molar-refractivity contribution is 7.89. The number of benzene rings is 2. The molecule has 2 aromatic rings. The number of carbonyl (C=O) groups is 1. The van der Waals surface area contributed by atoms with Crippen molar-refractivity contribution in [1.82, 2.24) is 9.62 Å². The molecule has 192 valence electrons. The first-order valence-corrected chi connectivity index (χ1v) is 12.8. The van der Waals surface area contributed by atoms with Crippen LogP contribution in [-0.4, -0.2) is 66.7 Å². The van der Waals surface area contributed by atoms with Gasteiger partial charge in [-0.2, -0.15) is 4.31 Å². The molecule has 2 atom stereocenters. The Morgan fingerprint density at radius 1 is 0.971 bits per heavy atom. The van der Waals surface area contributed by atoms with E-state index in [1.165, 1.54) is 44.9 Å². The van der Waals surface area contributed by atoms with E-state index in [1.807, 2.05) is 13.8 Å². The highest BCUT2D eigenvalue weighted by Gasteiger charge is 2.44. The van der Waals surface area contributed by atoms with Crippen LogP contribution in [0.5, 0.6) is 23.0 Å². The Bertz CT molecular complexity index is 1110. The maximum atomic E-state index is 13.5. The van der Waals surface area contributed by atoms with Gasteiger partial charge in [-0.1, -0.05) is 13.8 Å². The van der Waals surface area contributed by atoms with E-state index < -0.39 is 21.9 Å². The number of ether oxygens (including phenoxy) is 4. The zero-order valence-electron chi connectivity index (χ0n) is 21.0. The van der Waals surface area contributed by atoms with Gasteiger partial charge in [0.15, 0.2) is 11.5 Å². The van der Waals surface area contributed by atoms with Gasteiger partial charge >= 0.3 is 0 Å².